The van der Waals surface area contributed by atoms with Crippen LogP contribution in [-0.4, -0.2) is 14.9 Å². The van der Waals surface area contributed by atoms with Gasteiger partial charge in [0.25, 0.3) is 0 Å². The molecule has 0 saturated heterocycles. The summed E-state index contributed by atoms with van der Waals surface area (Å²) >= 11 is 0. The number of aromatic nitrogens is 2. The minimum atomic E-state index is -3.17. The first-order valence-electron chi connectivity index (χ1n) is 19.9. The molecule has 0 radical (unpaired) electrons. The maximum atomic E-state index is 13.8. The number of nitrogens with zero attached hydrogens (tertiary/aromatic N) is 3. The van der Waals surface area contributed by atoms with Gasteiger partial charge in [-0.25, -0.2) is 14.9 Å². The summed E-state index contributed by atoms with van der Waals surface area (Å²) in [6.07, 6.45) is 0. The van der Waals surface area contributed by atoms with Crippen LogP contribution in [0.1, 0.15) is 16.7 Å². The van der Waals surface area contributed by atoms with Crippen LogP contribution in [0.15, 0.2) is 218 Å². The summed E-state index contributed by atoms with van der Waals surface area (Å²) in [5.41, 5.74) is 14.1. The van der Waals surface area contributed by atoms with Crippen molar-refractivity contribution in [1.29, 1.82) is 0 Å². The molecule has 3 heterocycles. The van der Waals surface area contributed by atoms with Gasteiger partial charge < -0.3 is 4.90 Å². The Morgan fingerprint density at radius 1 is 0.390 bits per heavy atom. The van der Waals surface area contributed by atoms with Gasteiger partial charge in [0.2, 0.25) is 7.49 Å². The average molecular weight is 775 g/mol. The van der Waals surface area contributed by atoms with Gasteiger partial charge in [-0.05, 0) is 65.7 Å². The van der Waals surface area contributed by atoms with E-state index in [1.54, 1.807) is 0 Å². The Labute approximate surface area is 344 Å². The predicted octanol–water partition coefficient (Wildman–Crippen LogP) is 12.7. The molecular weight excluding hydrogens is 738 g/mol. The Bertz CT molecular complexity index is 3020. The minimum absolute atomic E-state index is 0.650. The van der Waals surface area contributed by atoms with Gasteiger partial charge in [0.05, 0.1) is 22.8 Å². The first-order valence-corrected chi connectivity index (χ1v) is 21.6. The highest BCUT2D eigenvalue weighted by molar-refractivity contribution is 7.94. The second-order valence-electron chi connectivity index (χ2n) is 14.9. The van der Waals surface area contributed by atoms with Gasteiger partial charge in [-0.3, -0.25) is 0 Å². The quantitative estimate of drug-likeness (QED) is 0.171. The molecule has 1 aromatic heterocycles. The summed E-state index contributed by atoms with van der Waals surface area (Å²) in [6.45, 7) is 0. The zero-order valence-corrected chi connectivity index (χ0v) is 32.9. The Kier molecular flexibility index (Phi) is 8.48. The first kappa shape index (κ1) is 35.0. The Hall–Kier alpha value is -7.23. The monoisotopic (exact) mass is 774 g/mol. The van der Waals surface area contributed by atoms with Crippen molar-refractivity contribution in [2.75, 3.05) is 4.90 Å². The fourth-order valence-electron chi connectivity index (χ4n) is 8.78. The van der Waals surface area contributed by atoms with E-state index in [0.29, 0.717) is 5.82 Å². The summed E-state index contributed by atoms with van der Waals surface area (Å²) < 4.78 is 0. The summed E-state index contributed by atoms with van der Waals surface area (Å²) in [6, 6.07) is 75.8. The van der Waals surface area contributed by atoms with Crippen LogP contribution in [0.4, 0.5) is 17.1 Å². The molecule has 0 bridgehead atoms. The summed E-state index contributed by atoms with van der Waals surface area (Å²) in [4.78, 5) is 26.5. The Balaban J connectivity index is 1.12. The fourth-order valence-corrected chi connectivity index (χ4v) is 12.1. The second kappa shape index (κ2) is 14.3. The molecule has 0 amide bonds. The van der Waals surface area contributed by atoms with Crippen LogP contribution in [0.5, 0.6) is 0 Å². The van der Waals surface area contributed by atoms with Gasteiger partial charge in [-0.15, -0.1) is 0 Å². The minimum Gasteiger partial charge on any atom is -0.309 e. The molecule has 9 aromatic rings. The summed E-state index contributed by atoms with van der Waals surface area (Å²) in [5.74, 6) is 0.650. The number of hydrogen-bond acceptors (Lipinski definition) is 4. The largest absolute Gasteiger partial charge is 0.309 e. The van der Waals surface area contributed by atoms with E-state index in [2.05, 4.69) is 181 Å². The molecule has 1 N–H and O–H groups in total. The molecule has 59 heavy (non-hydrogen) atoms. The van der Waals surface area contributed by atoms with Crippen LogP contribution >= 0.6 is 7.49 Å². The van der Waals surface area contributed by atoms with E-state index >= 15 is 0 Å². The SMILES string of the molecule is O[P+]1(c2cccc(-c3ccccc3)c2)C2=C(c3ccccc3N(c3cccc(-c4nc(-c5ccccc5)cc(-c5ccccc5)n4)c3)c3ccccc32)c2ccccc21. The zero-order chi connectivity index (χ0) is 39.3. The van der Waals surface area contributed by atoms with Crippen molar-refractivity contribution in [3.8, 4) is 45.0 Å². The van der Waals surface area contributed by atoms with Gasteiger partial charge in [0, 0.05) is 44.6 Å². The third-order valence-corrected chi connectivity index (χ3v) is 14.7. The van der Waals surface area contributed by atoms with Crippen molar-refractivity contribution in [3.63, 3.8) is 0 Å². The molecule has 0 spiro atoms. The molecule has 4 nitrogen and oxygen atoms in total. The second-order valence-corrected chi connectivity index (χ2v) is 17.6. The molecule has 1 atom stereocenters. The molecule has 0 aliphatic carbocycles. The molecule has 5 heteroatoms. The number of fused-ring (bicyclic) bond motifs is 6. The van der Waals surface area contributed by atoms with E-state index in [4.69, 9.17) is 9.97 Å². The number of rotatable bonds is 6. The van der Waals surface area contributed by atoms with Crippen molar-refractivity contribution >= 4 is 46.0 Å². The van der Waals surface area contributed by atoms with Crippen LogP contribution in [0.3, 0.4) is 0 Å². The lowest BCUT2D eigenvalue weighted by Gasteiger charge is -2.29. The smallest absolute Gasteiger partial charge is 0.240 e. The molecule has 2 aliphatic rings. The van der Waals surface area contributed by atoms with Crippen molar-refractivity contribution in [2.45, 2.75) is 0 Å². The summed E-state index contributed by atoms with van der Waals surface area (Å²) in [5, 5.41) is 2.90. The predicted molar refractivity (Wildman–Crippen MR) is 246 cm³/mol. The first-order chi connectivity index (χ1) is 29.1. The molecular formula is C54H37N3OP+. The van der Waals surface area contributed by atoms with E-state index in [1.807, 2.05) is 42.5 Å². The third kappa shape index (κ3) is 5.84. The zero-order valence-electron chi connectivity index (χ0n) is 32.0. The van der Waals surface area contributed by atoms with Gasteiger partial charge in [0.15, 0.2) is 11.1 Å². The van der Waals surface area contributed by atoms with Gasteiger partial charge in [-0.1, -0.05) is 164 Å². The van der Waals surface area contributed by atoms with Crippen LogP contribution in [0.25, 0.3) is 55.9 Å². The Morgan fingerprint density at radius 3 is 1.58 bits per heavy atom. The maximum Gasteiger partial charge on any atom is 0.240 e. The number of anilines is 3. The van der Waals surface area contributed by atoms with E-state index in [-0.39, 0.29) is 0 Å². The van der Waals surface area contributed by atoms with Crippen LogP contribution in [0.2, 0.25) is 0 Å². The maximum absolute atomic E-state index is 13.8. The molecule has 11 rings (SSSR count). The van der Waals surface area contributed by atoms with E-state index in [9.17, 15) is 4.89 Å². The van der Waals surface area contributed by atoms with Crippen molar-refractivity contribution in [1.82, 2.24) is 9.97 Å². The van der Waals surface area contributed by atoms with Gasteiger partial charge in [0.1, 0.15) is 10.6 Å². The number of para-hydroxylation sites is 2. The number of benzene rings is 8. The average Bonchev–Trinajstić information content (AvgIpc) is 3.50. The number of hydrogen-bond donors (Lipinski definition) is 1. The van der Waals surface area contributed by atoms with E-state index in [1.165, 1.54) is 0 Å². The highest BCUT2D eigenvalue weighted by atomic mass is 31.2. The normalized spacial score (nSPS) is 15.2. The van der Waals surface area contributed by atoms with E-state index in [0.717, 1.165) is 94.5 Å². The van der Waals surface area contributed by atoms with E-state index < -0.39 is 7.49 Å². The standard InChI is InChI=1S/C54H37N3OP/c58-59(43-27-17-24-40(35-43)37-18-4-1-5-19-37)51-33-15-12-30-46(51)52-44-28-10-13-31-49(44)57(50-32-14-11-29-45(50)53(52)59)42-26-16-25-41(34-42)54-55-47(38-20-6-2-7-21-38)36-48(56-54)39-22-8-3-9-23-39/h1-36,58H/q+1. The lowest BCUT2D eigenvalue weighted by Crippen LogP contribution is -2.22. The lowest BCUT2D eigenvalue weighted by atomic mass is 9.95. The molecule has 2 aliphatic heterocycles. The molecule has 8 aromatic carbocycles. The van der Waals surface area contributed by atoms with Crippen LogP contribution < -0.4 is 15.5 Å². The molecule has 278 valence electrons. The molecule has 0 fully saturated rings. The highest BCUT2D eigenvalue weighted by Gasteiger charge is 2.57. The summed E-state index contributed by atoms with van der Waals surface area (Å²) in [7, 11) is -3.17. The highest BCUT2D eigenvalue weighted by Crippen LogP contribution is 2.73. The Morgan fingerprint density at radius 2 is 0.898 bits per heavy atom. The van der Waals surface area contributed by atoms with Crippen molar-refractivity contribution < 1.29 is 4.89 Å². The molecule has 0 saturated carbocycles. The molecule has 1 unspecified atom stereocenters. The van der Waals surface area contributed by atoms with Crippen LogP contribution in [-0.2, 0) is 0 Å². The fraction of sp³-hybridized carbons (Fsp3) is 0. The van der Waals surface area contributed by atoms with Crippen molar-refractivity contribution in [3.05, 3.63) is 235 Å². The van der Waals surface area contributed by atoms with Gasteiger partial charge in [-0.2, -0.15) is 0 Å². The van der Waals surface area contributed by atoms with Gasteiger partial charge >= 0.3 is 0 Å². The lowest BCUT2D eigenvalue weighted by molar-refractivity contribution is 0.634. The topological polar surface area (TPSA) is 49.2 Å². The van der Waals surface area contributed by atoms with Crippen LogP contribution in [0, 0.1) is 0 Å². The van der Waals surface area contributed by atoms with Crippen molar-refractivity contribution in [2.24, 2.45) is 0 Å². The third-order valence-electron chi connectivity index (χ3n) is 11.5.